The van der Waals surface area contributed by atoms with Crippen LogP contribution in [0.15, 0.2) is 105 Å². The molecule has 4 nitrogen and oxygen atoms in total. The molecule has 0 saturated carbocycles. The molecule has 0 bridgehead atoms. The smallest absolute Gasteiger partial charge is 0.127 e. The molecule has 0 aliphatic carbocycles. The minimum absolute atomic E-state index is 0.492. The molecule has 0 amide bonds. The Labute approximate surface area is 210 Å². The van der Waals surface area contributed by atoms with Crippen LogP contribution in [0.1, 0.15) is 11.1 Å². The van der Waals surface area contributed by atoms with Gasteiger partial charge in [-0.15, -0.1) is 0 Å². The molecule has 0 atom stereocenters. The van der Waals surface area contributed by atoms with Crippen molar-refractivity contribution in [1.29, 1.82) is 0 Å². The van der Waals surface area contributed by atoms with Crippen molar-refractivity contribution in [2.45, 2.75) is 6.61 Å². The van der Waals surface area contributed by atoms with Crippen LogP contribution in [-0.4, -0.2) is 13.3 Å². The van der Waals surface area contributed by atoms with Gasteiger partial charge in [0.15, 0.2) is 0 Å². The Kier molecular flexibility index (Phi) is 7.81. The maximum absolute atomic E-state index is 5.89. The second kappa shape index (κ2) is 11.2. The Morgan fingerprint density at radius 2 is 1.33 bits per heavy atom. The van der Waals surface area contributed by atoms with Crippen molar-refractivity contribution in [1.82, 2.24) is 0 Å². The Balaban J connectivity index is 1.31. The van der Waals surface area contributed by atoms with Gasteiger partial charge in [0.05, 0.1) is 12.8 Å². The summed E-state index contributed by atoms with van der Waals surface area (Å²) in [5.74, 6) is 3.10. The first-order valence-corrected chi connectivity index (χ1v) is 11.8. The van der Waals surface area contributed by atoms with E-state index in [1.807, 2.05) is 97.2 Å². The molecule has 4 rings (SSSR count). The normalized spacial score (nSPS) is 10.9. The van der Waals surface area contributed by atoms with Crippen molar-refractivity contribution in [2.24, 2.45) is 4.99 Å². The van der Waals surface area contributed by atoms with E-state index < -0.39 is 0 Å². The van der Waals surface area contributed by atoms with Gasteiger partial charge in [-0.1, -0.05) is 37.9 Å². The molecule has 0 aromatic heterocycles. The Hall–Kier alpha value is -3.09. The van der Waals surface area contributed by atoms with E-state index in [0.717, 1.165) is 48.8 Å². The average Bonchev–Trinajstić information content (AvgIpc) is 2.84. The molecule has 4 aromatic rings. The highest BCUT2D eigenvalue weighted by Gasteiger charge is 2.03. The highest BCUT2D eigenvalue weighted by atomic mass is 79.9. The molecule has 6 heteroatoms. The van der Waals surface area contributed by atoms with E-state index in [1.54, 1.807) is 7.11 Å². The van der Waals surface area contributed by atoms with Gasteiger partial charge in [-0.3, -0.25) is 4.99 Å². The standard InChI is InChI=1S/C27H21Br2NO3/c1-31-23-12-14-26(15-13-23)33-25-10-6-22(7-11-25)30-17-19-2-8-24(9-3-19)32-18-20-4-5-21(28)16-27(20)29/h2-17H,18H2,1H3. The van der Waals surface area contributed by atoms with Gasteiger partial charge in [-0.2, -0.15) is 0 Å². The molecule has 0 radical (unpaired) electrons. The number of nitrogens with zero attached hydrogens (tertiary/aromatic N) is 1. The number of hydrogen-bond donors (Lipinski definition) is 0. The summed E-state index contributed by atoms with van der Waals surface area (Å²) in [6.45, 7) is 0.492. The third-order valence-corrected chi connectivity index (χ3v) is 6.02. The van der Waals surface area contributed by atoms with Crippen molar-refractivity contribution in [3.05, 3.63) is 111 Å². The van der Waals surface area contributed by atoms with E-state index in [0.29, 0.717) is 6.61 Å². The fourth-order valence-corrected chi connectivity index (χ4v) is 4.14. The summed E-state index contributed by atoms with van der Waals surface area (Å²) in [6.07, 6.45) is 1.83. The summed E-state index contributed by atoms with van der Waals surface area (Å²) in [4.78, 5) is 4.54. The lowest BCUT2D eigenvalue weighted by Crippen LogP contribution is -1.96. The number of aliphatic imine (C=N–C) groups is 1. The first kappa shape index (κ1) is 23.1. The maximum atomic E-state index is 5.89. The predicted octanol–water partition coefficient (Wildman–Crippen LogP) is 8.34. The zero-order valence-electron chi connectivity index (χ0n) is 17.9. The Morgan fingerprint density at radius 1 is 0.727 bits per heavy atom. The molecule has 4 aromatic carbocycles. The van der Waals surface area contributed by atoms with Crippen LogP contribution in [0.3, 0.4) is 0 Å². The van der Waals surface area contributed by atoms with Gasteiger partial charge < -0.3 is 14.2 Å². The summed E-state index contributed by atoms with van der Waals surface area (Å²) in [5.41, 5.74) is 2.92. The van der Waals surface area contributed by atoms with Crippen LogP contribution in [-0.2, 0) is 6.61 Å². The highest BCUT2D eigenvalue weighted by Crippen LogP contribution is 2.26. The average molecular weight is 567 g/mol. The van der Waals surface area contributed by atoms with Gasteiger partial charge in [-0.05, 0) is 90.5 Å². The second-order valence-electron chi connectivity index (χ2n) is 7.12. The van der Waals surface area contributed by atoms with Gasteiger partial charge in [0, 0.05) is 20.7 Å². The lowest BCUT2D eigenvalue weighted by molar-refractivity contribution is 0.305. The molecule has 0 N–H and O–H groups in total. The van der Waals surface area contributed by atoms with Crippen LogP contribution in [0.2, 0.25) is 0 Å². The van der Waals surface area contributed by atoms with Gasteiger partial charge in [0.1, 0.15) is 29.6 Å². The number of hydrogen-bond acceptors (Lipinski definition) is 4. The fraction of sp³-hybridized carbons (Fsp3) is 0.0741. The highest BCUT2D eigenvalue weighted by molar-refractivity contribution is 9.11. The minimum Gasteiger partial charge on any atom is -0.497 e. The van der Waals surface area contributed by atoms with Crippen molar-refractivity contribution >= 4 is 43.8 Å². The van der Waals surface area contributed by atoms with Crippen molar-refractivity contribution in [3.8, 4) is 23.0 Å². The van der Waals surface area contributed by atoms with Crippen LogP contribution in [0.4, 0.5) is 5.69 Å². The van der Waals surface area contributed by atoms with E-state index in [4.69, 9.17) is 14.2 Å². The zero-order chi connectivity index (χ0) is 23.0. The van der Waals surface area contributed by atoms with Crippen molar-refractivity contribution in [3.63, 3.8) is 0 Å². The maximum Gasteiger partial charge on any atom is 0.127 e. The quantitative estimate of drug-likeness (QED) is 0.201. The first-order valence-electron chi connectivity index (χ1n) is 10.2. The van der Waals surface area contributed by atoms with Crippen LogP contribution >= 0.6 is 31.9 Å². The van der Waals surface area contributed by atoms with Gasteiger partial charge in [-0.25, -0.2) is 0 Å². The van der Waals surface area contributed by atoms with E-state index in [-0.39, 0.29) is 0 Å². The number of rotatable bonds is 8. The largest absolute Gasteiger partial charge is 0.497 e. The molecule has 0 heterocycles. The van der Waals surface area contributed by atoms with Crippen LogP contribution in [0, 0.1) is 0 Å². The molecular formula is C27H21Br2NO3. The zero-order valence-corrected chi connectivity index (χ0v) is 21.0. The molecule has 33 heavy (non-hydrogen) atoms. The monoisotopic (exact) mass is 565 g/mol. The lowest BCUT2D eigenvalue weighted by Gasteiger charge is -2.08. The van der Waals surface area contributed by atoms with E-state index in [1.165, 1.54) is 0 Å². The van der Waals surface area contributed by atoms with Gasteiger partial charge in [0.2, 0.25) is 0 Å². The Morgan fingerprint density at radius 3 is 1.97 bits per heavy atom. The van der Waals surface area contributed by atoms with E-state index in [2.05, 4.69) is 36.9 Å². The SMILES string of the molecule is COc1ccc(Oc2ccc(N=Cc3ccc(OCc4ccc(Br)cc4Br)cc3)cc2)cc1. The summed E-state index contributed by atoms with van der Waals surface area (Å²) >= 11 is 7.02. The number of ether oxygens (including phenoxy) is 3. The Bertz CT molecular complexity index is 1220. The topological polar surface area (TPSA) is 40.0 Å². The van der Waals surface area contributed by atoms with Crippen LogP contribution < -0.4 is 14.2 Å². The molecule has 0 spiro atoms. The molecule has 0 aliphatic heterocycles. The lowest BCUT2D eigenvalue weighted by atomic mass is 10.2. The first-order chi connectivity index (χ1) is 16.1. The third-order valence-electron chi connectivity index (χ3n) is 4.78. The van der Waals surface area contributed by atoms with Crippen molar-refractivity contribution in [2.75, 3.05) is 7.11 Å². The molecule has 0 saturated heterocycles. The molecule has 0 unspecified atom stereocenters. The number of benzene rings is 4. The van der Waals surface area contributed by atoms with Gasteiger partial charge in [0.25, 0.3) is 0 Å². The summed E-state index contributed by atoms with van der Waals surface area (Å²) in [7, 11) is 1.64. The minimum atomic E-state index is 0.492. The molecule has 166 valence electrons. The van der Waals surface area contributed by atoms with Gasteiger partial charge >= 0.3 is 0 Å². The summed E-state index contributed by atoms with van der Waals surface area (Å²) in [6, 6.07) is 29.0. The summed E-state index contributed by atoms with van der Waals surface area (Å²) < 4.78 is 19.0. The van der Waals surface area contributed by atoms with Crippen molar-refractivity contribution < 1.29 is 14.2 Å². The van der Waals surface area contributed by atoms with E-state index in [9.17, 15) is 0 Å². The number of halogens is 2. The second-order valence-corrected chi connectivity index (χ2v) is 8.89. The van der Waals surface area contributed by atoms with E-state index >= 15 is 0 Å². The predicted molar refractivity (Wildman–Crippen MR) is 139 cm³/mol. The van der Waals surface area contributed by atoms with Crippen LogP contribution in [0.5, 0.6) is 23.0 Å². The molecule has 0 fully saturated rings. The van der Waals surface area contributed by atoms with Crippen LogP contribution in [0.25, 0.3) is 0 Å². The fourth-order valence-electron chi connectivity index (χ4n) is 2.98. The molecule has 0 aliphatic rings. The third kappa shape index (κ3) is 6.70. The number of methoxy groups -OCH3 is 1. The molecular weight excluding hydrogens is 546 g/mol. The summed E-state index contributed by atoms with van der Waals surface area (Å²) in [5, 5.41) is 0.